The van der Waals surface area contributed by atoms with Crippen LogP contribution in [0.15, 0.2) is 0 Å². The lowest BCUT2D eigenvalue weighted by Gasteiger charge is -2.15. The van der Waals surface area contributed by atoms with Crippen molar-refractivity contribution in [3.8, 4) is 0 Å². The fourth-order valence-electron chi connectivity index (χ4n) is 2.35. The SMILES string of the molecule is CCOC(=O)C(CC(=O)C1CCOC1)C(=O)C1CC1. The van der Waals surface area contributed by atoms with Gasteiger partial charge in [0.1, 0.15) is 11.7 Å². The van der Waals surface area contributed by atoms with Crippen LogP contribution in [0.25, 0.3) is 0 Å². The number of hydrogen-bond acceptors (Lipinski definition) is 5. The van der Waals surface area contributed by atoms with Crippen molar-refractivity contribution < 1.29 is 23.9 Å². The zero-order valence-corrected chi connectivity index (χ0v) is 11.2. The maximum Gasteiger partial charge on any atom is 0.316 e. The predicted molar refractivity (Wildman–Crippen MR) is 66.4 cm³/mol. The number of ether oxygens (including phenoxy) is 2. The summed E-state index contributed by atoms with van der Waals surface area (Å²) in [6, 6.07) is 0. The third kappa shape index (κ3) is 3.62. The Morgan fingerprint density at radius 1 is 1.21 bits per heavy atom. The highest BCUT2D eigenvalue weighted by Gasteiger charge is 2.41. The van der Waals surface area contributed by atoms with E-state index in [1.807, 2.05) is 0 Å². The summed E-state index contributed by atoms with van der Waals surface area (Å²) in [5.74, 6) is -1.83. The molecular formula is C14H20O5. The van der Waals surface area contributed by atoms with Gasteiger partial charge in [-0.05, 0) is 26.2 Å². The average molecular weight is 268 g/mol. The summed E-state index contributed by atoms with van der Waals surface area (Å²) < 4.78 is 10.1. The Hall–Kier alpha value is -1.23. The minimum atomic E-state index is -0.902. The lowest BCUT2D eigenvalue weighted by molar-refractivity contribution is -0.154. The summed E-state index contributed by atoms with van der Waals surface area (Å²) >= 11 is 0. The Bertz CT molecular complexity index is 366. The van der Waals surface area contributed by atoms with Crippen LogP contribution < -0.4 is 0 Å². The van der Waals surface area contributed by atoms with Crippen molar-refractivity contribution in [3.05, 3.63) is 0 Å². The van der Waals surface area contributed by atoms with Crippen molar-refractivity contribution in [2.45, 2.75) is 32.6 Å². The first kappa shape index (κ1) is 14.2. The van der Waals surface area contributed by atoms with Gasteiger partial charge in [0, 0.05) is 24.9 Å². The minimum absolute atomic E-state index is 0.0256. The first-order chi connectivity index (χ1) is 9.13. The summed E-state index contributed by atoms with van der Waals surface area (Å²) in [5.41, 5.74) is 0. The molecule has 0 radical (unpaired) electrons. The van der Waals surface area contributed by atoms with E-state index in [2.05, 4.69) is 0 Å². The first-order valence-electron chi connectivity index (χ1n) is 6.94. The van der Waals surface area contributed by atoms with Crippen LogP contribution >= 0.6 is 0 Å². The van der Waals surface area contributed by atoms with E-state index in [1.54, 1.807) is 6.92 Å². The molecule has 2 unspecified atom stereocenters. The third-order valence-electron chi connectivity index (χ3n) is 3.68. The van der Waals surface area contributed by atoms with E-state index in [9.17, 15) is 14.4 Å². The number of esters is 1. The molecule has 5 heteroatoms. The molecule has 1 saturated heterocycles. The summed E-state index contributed by atoms with van der Waals surface area (Å²) in [7, 11) is 0. The topological polar surface area (TPSA) is 69.7 Å². The molecule has 0 aromatic carbocycles. The summed E-state index contributed by atoms with van der Waals surface area (Å²) in [6.07, 6.45) is 2.32. The van der Waals surface area contributed by atoms with Gasteiger partial charge in [-0.3, -0.25) is 14.4 Å². The molecule has 19 heavy (non-hydrogen) atoms. The maximum atomic E-state index is 12.1. The highest BCUT2D eigenvalue weighted by atomic mass is 16.5. The zero-order valence-electron chi connectivity index (χ0n) is 11.2. The van der Waals surface area contributed by atoms with Crippen LogP contribution in [-0.2, 0) is 23.9 Å². The minimum Gasteiger partial charge on any atom is -0.465 e. The van der Waals surface area contributed by atoms with Gasteiger partial charge in [-0.15, -0.1) is 0 Å². The van der Waals surface area contributed by atoms with E-state index in [-0.39, 0.29) is 36.4 Å². The van der Waals surface area contributed by atoms with Crippen LogP contribution in [0.4, 0.5) is 0 Å². The maximum absolute atomic E-state index is 12.1. The Labute approximate surface area is 112 Å². The fourth-order valence-corrected chi connectivity index (χ4v) is 2.35. The van der Waals surface area contributed by atoms with Gasteiger partial charge in [-0.25, -0.2) is 0 Å². The van der Waals surface area contributed by atoms with E-state index in [1.165, 1.54) is 0 Å². The molecule has 0 spiro atoms. The normalized spacial score (nSPS) is 23.9. The van der Waals surface area contributed by atoms with E-state index in [0.29, 0.717) is 19.6 Å². The van der Waals surface area contributed by atoms with Crippen LogP contribution in [0.1, 0.15) is 32.6 Å². The number of hydrogen-bond donors (Lipinski definition) is 0. The predicted octanol–water partition coefficient (Wildman–Crippen LogP) is 1.14. The number of ketones is 2. The molecule has 2 aliphatic rings. The molecule has 0 aromatic heterocycles. The van der Waals surface area contributed by atoms with Gasteiger partial charge >= 0.3 is 5.97 Å². The zero-order chi connectivity index (χ0) is 13.8. The highest BCUT2D eigenvalue weighted by molar-refractivity contribution is 6.04. The smallest absolute Gasteiger partial charge is 0.316 e. The van der Waals surface area contributed by atoms with Crippen LogP contribution in [0.5, 0.6) is 0 Å². The third-order valence-corrected chi connectivity index (χ3v) is 3.68. The Morgan fingerprint density at radius 2 is 1.95 bits per heavy atom. The summed E-state index contributed by atoms with van der Waals surface area (Å²) in [6.45, 7) is 2.92. The van der Waals surface area contributed by atoms with E-state index < -0.39 is 11.9 Å². The molecule has 2 atom stereocenters. The van der Waals surface area contributed by atoms with E-state index in [4.69, 9.17) is 9.47 Å². The Kier molecular flexibility index (Phi) is 4.69. The van der Waals surface area contributed by atoms with E-state index >= 15 is 0 Å². The molecule has 0 N–H and O–H groups in total. The van der Waals surface area contributed by atoms with Gasteiger partial charge in [0.15, 0.2) is 5.78 Å². The second-order valence-electron chi connectivity index (χ2n) is 5.21. The van der Waals surface area contributed by atoms with Gasteiger partial charge in [0.2, 0.25) is 0 Å². The highest BCUT2D eigenvalue weighted by Crippen LogP contribution is 2.34. The lowest BCUT2D eigenvalue weighted by Crippen LogP contribution is -2.31. The van der Waals surface area contributed by atoms with Crippen LogP contribution in [0.2, 0.25) is 0 Å². The van der Waals surface area contributed by atoms with Gasteiger partial charge in [0.05, 0.1) is 13.2 Å². The molecule has 0 aromatic rings. The van der Waals surface area contributed by atoms with Crippen LogP contribution in [0, 0.1) is 17.8 Å². The molecule has 5 nitrogen and oxygen atoms in total. The first-order valence-corrected chi connectivity index (χ1v) is 6.94. The quantitative estimate of drug-likeness (QED) is 0.511. The summed E-state index contributed by atoms with van der Waals surface area (Å²) in [5, 5.41) is 0. The van der Waals surface area contributed by atoms with Gasteiger partial charge < -0.3 is 9.47 Å². The molecule has 1 saturated carbocycles. The van der Waals surface area contributed by atoms with Crippen molar-refractivity contribution in [3.63, 3.8) is 0 Å². The Morgan fingerprint density at radius 3 is 2.47 bits per heavy atom. The van der Waals surface area contributed by atoms with Crippen molar-refractivity contribution in [1.29, 1.82) is 0 Å². The number of carbonyl (C=O) groups is 3. The van der Waals surface area contributed by atoms with Crippen molar-refractivity contribution in [2.75, 3.05) is 19.8 Å². The van der Waals surface area contributed by atoms with Gasteiger partial charge in [-0.1, -0.05) is 0 Å². The molecule has 0 amide bonds. The van der Waals surface area contributed by atoms with Gasteiger partial charge in [-0.2, -0.15) is 0 Å². The standard InChI is InChI=1S/C14H20O5/c1-2-19-14(17)11(13(16)9-3-4-9)7-12(15)10-5-6-18-8-10/h9-11H,2-8H2,1H3. The molecule has 2 fully saturated rings. The monoisotopic (exact) mass is 268 g/mol. The number of rotatable bonds is 7. The fraction of sp³-hybridized carbons (Fsp3) is 0.786. The molecule has 1 aliphatic heterocycles. The van der Waals surface area contributed by atoms with Crippen molar-refractivity contribution in [2.24, 2.45) is 17.8 Å². The number of Topliss-reactive ketones (excluding diaryl/α,β-unsaturated/α-hetero) is 2. The molecule has 0 bridgehead atoms. The van der Waals surface area contributed by atoms with Gasteiger partial charge in [0.25, 0.3) is 0 Å². The van der Waals surface area contributed by atoms with Crippen molar-refractivity contribution >= 4 is 17.5 Å². The molecule has 1 heterocycles. The van der Waals surface area contributed by atoms with E-state index in [0.717, 1.165) is 12.8 Å². The molecule has 106 valence electrons. The van der Waals surface area contributed by atoms with Crippen LogP contribution in [0.3, 0.4) is 0 Å². The van der Waals surface area contributed by atoms with Crippen LogP contribution in [-0.4, -0.2) is 37.4 Å². The average Bonchev–Trinajstić information content (AvgIpc) is 3.10. The Balaban J connectivity index is 1.97. The second-order valence-corrected chi connectivity index (χ2v) is 5.21. The lowest BCUT2D eigenvalue weighted by atomic mass is 9.89. The second kappa shape index (κ2) is 6.28. The largest absolute Gasteiger partial charge is 0.465 e. The van der Waals surface area contributed by atoms with Crippen molar-refractivity contribution in [1.82, 2.24) is 0 Å². The molecular weight excluding hydrogens is 248 g/mol. The number of carbonyl (C=O) groups excluding carboxylic acids is 3. The molecule has 1 aliphatic carbocycles. The molecule has 2 rings (SSSR count). The summed E-state index contributed by atoms with van der Waals surface area (Å²) in [4.78, 5) is 36.0.